The number of hydrogen-bond acceptors (Lipinski definition) is 9. The van der Waals surface area contributed by atoms with Gasteiger partial charge in [-0.05, 0) is 43.7 Å². The molecule has 4 aromatic rings. The number of carbonyl (C=O) groups is 1. The Labute approximate surface area is 237 Å². The Morgan fingerprint density at radius 2 is 1.88 bits per heavy atom. The summed E-state index contributed by atoms with van der Waals surface area (Å²) in [5, 5.41) is 4.74. The van der Waals surface area contributed by atoms with Gasteiger partial charge in [0.1, 0.15) is 29.3 Å². The predicted octanol–water partition coefficient (Wildman–Crippen LogP) is 3.29. The third-order valence-corrected chi connectivity index (χ3v) is 7.89. The molecule has 0 N–H and O–H groups in total. The summed E-state index contributed by atoms with van der Waals surface area (Å²) in [6, 6.07) is 7.42. The maximum absolute atomic E-state index is 14.8. The fraction of sp³-hybridized carbons (Fsp3) is 0.393. The Bertz CT molecular complexity index is 1650. The molecule has 0 atom stereocenters. The van der Waals surface area contributed by atoms with Crippen LogP contribution in [0.2, 0.25) is 0 Å². The third-order valence-electron chi connectivity index (χ3n) is 6.78. The van der Waals surface area contributed by atoms with Gasteiger partial charge in [0, 0.05) is 44.1 Å². The number of piperidine rings is 1. The van der Waals surface area contributed by atoms with Crippen molar-refractivity contribution in [2.45, 2.75) is 56.8 Å². The Balaban J connectivity index is 1.20. The number of nitrogens with zero attached hydrogens (tertiary/aromatic N) is 6. The van der Waals surface area contributed by atoms with Gasteiger partial charge in [-0.15, -0.1) is 0 Å². The summed E-state index contributed by atoms with van der Waals surface area (Å²) in [7, 11) is -3.56. The molecule has 216 valence electrons. The second-order valence-electron chi connectivity index (χ2n) is 10.3. The molecule has 5 rings (SSSR count). The Morgan fingerprint density at radius 1 is 1.10 bits per heavy atom. The van der Waals surface area contributed by atoms with Crippen molar-refractivity contribution in [3.8, 4) is 11.6 Å². The van der Waals surface area contributed by atoms with Crippen molar-refractivity contribution in [3.05, 3.63) is 66.1 Å². The molecule has 0 radical (unpaired) electrons. The van der Waals surface area contributed by atoms with Crippen LogP contribution in [-0.2, 0) is 32.4 Å². The molecule has 0 spiro atoms. The molecular formula is C28H31FN6O5S. The molecular weight excluding hydrogens is 551 g/mol. The normalized spacial score (nSPS) is 14.6. The zero-order chi connectivity index (χ0) is 29.1. The fourth-order valence-corrected chi connectivity index (χ4v) is 5.17. The van der Waals surface area contributed by atoms with Crippen LogP contribution in [0.1, 0.15) is 37.9 Å². The van der Waals surface area contributed by atoms with Crippen LogP contribution in [0.15, 0.2) is 53.9 Å². The average Bonchev–Trinajstić information content (AvgIpc) is 3.37. The molecule has 13 heteroatoms. The molecule has 4 heterocycles. The van der Waals surface area contributed by atoms with E-state index in [1.54, 1.807) is 6.20 Å². The molecule has 0 aliphatic carbocycles. The predicted molar refractivity (Wildman–Crippen MR) is 148 cm³/mol. The fourth-order valence-electron chi connectivity index (χ4n) is 4.54. The molecule has 1 saturated heterocycles. The maximum Gasteiger partial charge on any atom is 0.228 e. The standard InChI is InChI=1S/C28H31FN6O5S/c1-18(2)39-16-19-4-5-20(30-14-19)12-26(36)34-10-8-21(9-11-34)40-28-23-15-33-35(27(23)31-17-32-28)25-7-6-22(13-24(25)29)41(3,37)38/h4-7,13-15,17-18,21H,8-12,16H2,1-3H3. The summed E-state index contributed by atoms with van der Waals surface area (Å²) in [5.41, 5.74) is 2.05. The van der Waals surface area contributed by atoms with Gasteiger partial charge in [-0.2, -0.15) is 5.10 Å². The van der Waals surface area contributed by atoms with E-state index in [0.29, 0.717) is 55.1 Å². The quantitative estimate of drug-likeness (QED) is 0.292. The first-order chi connectivity index (χ1) is 19.6. The van der Waals surface area contributed by atoms with Gasteiger partial charge in [-0.25, -0.2) is 27.5 Å². The zero-order valence-corrected chi connectivity index (χ0v) is 23.8. The highest BCUT2D eigenvalue weighted by Crippen LogP contribution is 2.28. The highest BCUT2D eigenvalue weighted by molar-refractivity contribution is 7.90. The number of likely N-dealkylation sites (tertiary alicyclic amines) is 1. The number of ether oxygens (including phenoxy) is 2. The number of fused-ring (bicyclic) bond motifs is 1. The number of hydrogen-bond donors (Lipinski definition) is 0. The summed E-state index contributed by atoms with van der Waals surface area (Å²) in [5.74, 6) is -0.427. The smallest absolute Gasteiger partial charge is 0.228 e. The summed E-state index contributed by atoms with van der Waals surface area (Å²) in [4.78, 5) is 27.5. The van der Waals surface area contributed by atoms with Gasteiger partial charge < -0.3 is 14.4 Å². The van der Waals surface area contributed by atoms with E-state index in [1.165, 1.54) is 29.3 Å². The van der Waals surface area contributed by atoms with E-state index in [4.69, 9.17) is 9.47 Å². The molecule has 1 aliphatic rings. The van der Waals surface area contributed by atoms with E-state index in [1.807, 2.05) is 30.9 Å². The Morgan fingerprint density at radius 3 is 2.54 bits per heavy atom. The number of rotatable bonds is 9. The number of sulfone groups is 1. The van der Waals surface area contributed by atoms with Crippen LogP contribution in [0.3, 0.4) is 0 Å². The van der Waals surface area contributed by atoms with E-state index in [9.17, 15) is 17.6 Å². The van der Waals surface area contributed by atoms with Crippen molar-refractivity contribution in [1.82, 2.24) is 29.6 Å². The van der Waals surface area contributed by atoms with Crippen LogP contribution in [0.25, 0.3) is 16.7 Å². The minimum Gasteiger partial charge on any atom is -0.474 e. The van der Waals surface area contributed by atoms with Gasteiger partial charge in [0.25, 0.3) is 0 Å². The SMILES string of the molecule is CC(C)OCc1ccc(CC(=O)N2CCC(Oc3ncnc4c3cnn4-c3ccc(S(C)(=O)=O)cc3F)CC2)nc1. The molecule has 3 aromatic heterocycles. The van der Waals surface area contributed by atoms with Crippen molar-refractivity contribution in [2.75, 3.05) is 19.3 Å². The van der Waals surface area contributed by atoms with Crippen molar-refractivity contribution in [3.63, 3.8) is 0 Å². The third kappa shape index (κ3) is 6.68. The van der Waals surface area contributed by atoms with E-state index < -0.39 is 15.7 Å². The Hall–Kier alpha value is -3.97. The summed E-state index contributed by atoms with van der Waals surface area (Å²) >= 11 is 0. The second kappa shape index (κ2) is 11.9. The van der Waals surface area contributed by atoms with E-state index in [2.05, 4.69) is 20.1 Å². The molecule has 1 aromatic carbocycles. The average molecular weight is 583 g/mol. The number of carbonyl (C=O) groups excluding carboxylic acids is 1. The minimum absolute atomic E-state index is 0.0109. The maximum atomic E-state index is 14.8. The Kier molecular flexibility index (Phi) is 8.27. The number of halogens is 1. The molecule has 0 saturated carbocycles. The number of pyridine rings is 1. The summed E-state index contributed by atoms with van der Waals surface area (Å²) < 4.78 is 51.4. The molecule has 11 nitrogen and oxygen atoms in total. The van der Waals surface area contributed by atoms with Gasteiger partial charge in [0.15, 0.2) is 15.5 Å². The minimum atomic E-state index is -3.56. The van der Waals surface area contributed by atoms with Crippen molar-refractivity contribution < 1.29 is 27.1 Å². The lowest BCUT2D eigenvalue weighted by molar-refractivity contribution is -0.132. The van der Waals surface area contributed by atoms with Crippen LogP contribution in [0.4, 0.5) is 4.39 Å². The molecule has 1 amide bonds. The number of aromatic nitrogens is 5. The monoisotopic (exact) mass is 582 g/mol. The van der Waals surface area contributed by atoms with Crippen LogP contribution in [0, 0.1) is 5.82 Å². The van der Waals surface area contributed by atoms with E-state index in [0.717, 1.165) is 17.9 Å². The second-order valence-corrected chi connectivity index (χ2v) is 12.3. The largest absolute Gasteiger partial charge is 0.474 e. The lowest BCUT2D eigenvalue weighted by Gasteiger charge is -2.32. The van der Waals surface area contributed by atoms with Crippen LogP contribution < -0.4 is 4.74 Å². The molecule has 1 fully saturated rings. The van der Waals surface area contributed by atoms with Gasteiger partial charge in [-0.1, -0.05) is 6.07 Å². The summed E-state index contributed by atoms with van der Waals surface area (Å²) in [6.45, 7) is 5.52. The molecule has 0 bridgehead atoms. The highest BCUT2D eigenvalue weighted by Gasteiger charge is 2.26. The van der Waals surface area contributed by atoms with Crippen molar-refractivity contribution >= 4 is 26.8 Å². The van der Waals surface area contributed by atoms with Gasteiger partial charge in [0.05, 0.1) is 30.2 Å². The molecule has 0 unspecified atom stereocenters. The zero-order valence-electron chi connectivity index (χ0n) is 23.0. The van der Waals surface area contributed by atoms with Crippen LogP contribution in [0.5, 0.6) is 5.88 Å². The van der Waals surface area contributed by atoms with Crippen LogP contribution >= 0.6 is 0 Å². The molecule has 41 heavy (non-hydrogen) atoms. The van der Waals surface area contributed by atoms with Gasteiger partial charge in [0.2, 0.25) is 11.8 Å². The van der Waals surface area contributed by atoms with Crippen molar-refractivity contribution in [1.29, 1.82) is 0 Å². The van der Waals surface area contributed by atoms with Gasteiger partial charge in [-0.3, -0.25) is 9.78 Å². The highest BCUT2D eigenvalue weighted by atomic mass is 32.2. The first kappa shape index (κ1) is 28.6. The van der Waals surface area contributed by atoms with Gasteiger partial charge >= 0.3 is 0 Å². The number of amides is 1. The lowest BCUT2D eigenvalue weighted by atomic mass is 10.1. The summed E-state index contributed by atoms with van der Waals surface area (Å²) in [6.07, 6.45) is 6.98. The topological polar surface area (TPSA) is 129 Å². The van der Waals surface area contributed by atoms with E-state index in [-0.39, 0.29) is 35.1 Å². The first-order valence-electron chi connectivity index (χ1n) is 13.3. The van der Waals surface area contributed by atoms with Crippen LogP contribution in [-0.4, -0.2) is 75.5 Å². The lowest BCUT2D eigenvalue weighted by Crippen LogP contribution is -2.42. The van der Waals surface area contributed by atoms with Crippen molar-refractivity contribution in [2.24, 2.45) is 0 Å². The first-order valence-corrected chi connectivity index (χ1v) is 15.2. The molecule has 1 aliphatic heterocycles. The van der Waals surface area contributed by atoms with E-state index >= 15 is 0 Å². The number of benzene rings is 1.